The van der Waals surface area contributed by atoms with Crippen molar-refractivity contribution in [3.05, 3.63) is 84.5 Å². The zero-order valence-corrected chi connectivity index (χ0v) is 17.1. The SMILES string of the molecule is Cc1nc2ccc(-n3ncc(C(=O)c4cc5cc(-n6ccnc6)ccc5[nH]4)c3N)cc2[nH]1. The van der Waals surface area contributed by atoms with Gasteiger partial charge in [-0.2, -0.15) is 5.10 Å². The predicted octanol–water partition coefficient (Wildman–Crippen LogP) is 3.54. The maximum absolute atomic E-state index is 13.2. The first kappa shape index (κ1) is 18.1. The molecule has 6 rings (SSSR count). The molecule has 0 aliphatic rings. The third kappa shape index (κ3) is 2.79. The lowest BCUT2D eigenvalue weighted by Gasteiger charge is -2.05. The van der Waals surface area contributed by atoms with Gasteiger partial charge in [-0.05, 0) is 49.4 Å². The highest BCUT2D eigenvalue weighted by molar-refractivity contribution is 6.12. The summed E-state index contributed by atoms with van der Waals surface area (Å²) < 4.78 is 3.47. The van der Waals surface area contributed by atoms with Gasteiger partial charge in [-0.25, -0.2) is 14.6 Å². The maximum Gasteiger partial charge on any atom is 0.214 e. The second-order valence-electron chi connectivity index (χ2n) is 7.63. The quantitative estimate of drug-likeness (QED) is 0.375. The van der Waals surface area contributed by atoms with Gasteiger partial charge in [-0.1, -0.05) is 0 Å². The molecule has 0 fully saturated rings. The number of fused-ring (bicyclic) bond motifs is 2. The maximum atomic E-state index is 13.2. The van der Waals surface area contributed by atoms with Crippen LogP contribution < -0.4 is 5.73 Å². The number of aromatic amines is 2. The van der Waals surface area contributed by atoms with Gasteiger partial charge in [0.2, 0.25) is 5.78 Å². The van der Waals surface area contributed by atoms with Crippen LogP contribution in [-0.2, 0) is 0 Å². The lowest BCUT2D eigenvalue weighted by molar-refractivity contribution is 0.103. The Morgan fingerprint density at radius 1 is 1.03 bits per heavy atom. The number of H-pyrrole nitrogens is 2. The van der Waals surface area contributed by atoms with Crippen molar-refractivity contribution < 1.29 is 4.79 Å². The van der Waals surface area contributed by atoms with Gasteiger partial charge in [-0.15, -0.1) is 0 Å². The molecule has 2 aromatic carbocycles. The monoisotopic (exact) mass is 422 g/mol. The van der Waals surface area contributed by atoms with E-state index in [4.69, 9.17) is 5.73 Å². The van der Waals surface area contributed by atoms with E-state index in [0.29, 0.717) is 11.3 Å². The standard InChI is InChI=1S/C23H18N8O/c1-13-27-19-5-3-16(10-20(19)28-13)31-23(24)17(11-26-31)22(32)21-9-14-8-15(2-4-18(14)29-21)30-7-6-25-12-30/h2-12,29H,24H2,1H3,(H,27,28). The van der Waals surface area contributed by atoms with E-state index in [9.17, 15) is 4.79 Å². The van der Waals surface area contributed by atoms with Crippen molar-refractivity contribution in [2.75, 3.05) is 5.73 Å². The van der Waals surface area contributed by atoms with E-state index in [0.717, 1.165) is 39.1 Å². The third-order valence-electron chi connectivity index (χ3n) is 5.53. The van der Waals surface area contributed by atoms with E-state index < -0.39 is 0 Å². The Morgan fingerprint density at radius 2 is 1.91 bits per heavy atom. The van der Waals surface area contributed by atoms with Gasteiger partial charge >= 0.3 is 0 Å². The van der Waals surface area contributed by atoms with E-state index in [1.54, 1.807) is 17.2 Å². The molecule has 9 nitrogen and oxygen atoms in total. The van der Waals surface area contributed by atoms with Gasteiger partial charge in [0.1, 0.15) is 11.6 Å². The minimum Gasteiger partial charge on any atom is -0.383 e. The van der Waals surface area contributed by atoms with Crippen molar-refractivity contribution in [3.8, 4) is 11.4 Å². The molecule has 0 aliphatic heterocycles. The number of rotatable bonds is 4. The number of aromatic nitrogens is 7. The number of nitrogens with two attached hydrogens (primary N) is 1. The van der Waals surface area contributed by atoms with Gasteiger partial charge in [-0.3, -0.25) is 4.79 Å². The van der Waals surface area contributed by atoms with Gasteiger partial charge in [0, 0.05) is 29.0 Å². The number of nitrogens with one attached hydrogen (secondary N) is 2. The number of nitrogen functional groups attached to an aromatic ring is 1. The van der Waals surface area contributed by atoms with Crippen molar-refractivity contribution in [1.29, 1.82) is 0 Å². The van der Waals surface area contributed by atoms with Crippen LogP contribution >= 0.6 is 0 Å². The molecule has 6 aromatic rings. The predicted molar refractivity (Wildman–Crippen MR) is 121 cm³/mol. The number of benzene rings is 2. The molecule has 32 heavy (non-hydrogen) atoms. The number of anilines is 1. The van der Waals surface area contributed by atoms with E-state index in [-0.39, 0.29) is 11.6 Å². The number of ketones is 1. The smallest absolute Gasteiger partial charge is 0.214 e. The average molecular weight is 422 g/mol. The Bertz CT molecular complexity index is 1620. The minimum absolute atomic E-state index is 0.215. The summed E-state index contributed by atoms with van der Waals surface area (Å²) in [6.45, 7) is 1.90. The molecule has 4 N–H and O–H groups in total. The van der Waals surface area contributed by atoms with Crippen LogP contribution in [0.4, 0.5) is 5.82 Å². The molecule has 0 saturated carbocycles. The molecular weight excluding hydrogens is 404 g/mol. The Labute approximate surface area is 181 Å². The van der Waals surface area contributed by atoms with Crippen LogP contribution in [0.3, 0.4) is 0 Å². The molecule has 0 spiro atoms. The lowest BCUT2D eigenvalue weighted by atomic mass is 10.1. The van der Waals surface area contributed by atoms with Crippen molar-refractivity contribution in [2.45, 2.75) is 6.92 Å². The number of carbonyl (C=O) groups is 1. The van der Waals surface area contributed by atoms with Crippen molar-refractivity contribution in [2.24, 2.45) is 0 Å². The normalized spacial score (nSPS) is 11.5. The number of imidazole rings is 2. The fourth-order valence-corrected chi connectivity index (χ4v) is 3.96. The molecule has 4 aromatic heterocycles. The molecular formula is C23H18N8O. The van der Waals surface area contributed by atoms with E-state index in [2.05, 4.69) is 25.0 Å². The summed E-state index contributed by atoms with van der Waals surface area (Å²) in [6, 6.07) is 13.4. The van der Waals surface area contributed by atoms with Gasteiger partial charge in [0.05, 0.1) is 40.5 Å². The third-order valence-corrected chi connectivity index (χ3v) is 5.53. The fourth-order valence-electron chi connectivity index (χ4n) is 3.96. The second kappa shape index (κ2) is 6.67. The Hall–Kier alpha value is -4.66. The number of carbonyl (C=O) groups excluding carboxylic acids is 1. The van der Waals surface area contributed by atoms with Crippen LogP contribution in [0.5, 0.6) is 0 Å². The summed E-state index contributed by atoms with van der Waals surface area (Å²) in [5.74, 6) is 0.896. The van der Waals surface area contributed by atoms with Crippen molar-refractivity contribution in [3.63, 3.8) is 0 Å². The molecule has 0 saturated heterocycles. The molecule has 0 bridgehead atoms. The number of aryl methyl sites for hydroxylation is 1. The van der Waals surface area contributed by atoms with E-state index >= 15 is 0 Å². The number of hydrogen-bond acceptors (Lipinski definition) is 5. The van der Waals surface area contributed by atoms with Crippen LogP contribution in [-0.4, -0.2) is 40.1 Å². The highest BCUT2D eigenvalue weighted by Gasteiger charge is 2.20. The first-order valence-corrected chi connectivity index (χ1v) is 10.0. The minimum atomic E-state index is -0.215. The van der Waals surface area contributed by atoms with Gasteiger partial charge < -0.3 is 20.3 Å². The number of hydrogen-bond donors (Lipinski definition) is 3. The Kier molecular flexibility index (Phi) is 3.78. The zero-order chi connectivity index (χ0) is 21.8. The molecule has 156 valence electrons. The van der Waals surface area contributed by atoms with Crippen LogP contribution in [0.25, 0.3) is 33.3 Å². The van der Waals surface area contributed by atoms with Crippen LogP contribution in [0, 0.1) is 6.92 Å². The first-order valence-electron chi connectivity index (χ1n) is 10.0. The van der Waals surface area contributed by atoms with Crippen molar-refractivity contribution in [1.82, 2.24) is 34.3 Å². The Morgan fingerprint density at radius 3 is 2.75 bits per heavy atom. The van der Waals surface area contributed by atoms with Crippen LogP contribution in [0.1, 0.15) is 21.9 Å². The summed E-state index contributed by atoms with van der Waals surface area (Å²) >= 11 is 0. The molecule has 0 atom stereocenters. The van der Waals surface area contributed by atoms with Gasteiger partial charge in [0.15, 0.2) is 0 Å². The lowest BCUT2D eigenvalue weighted by Crippen LogP contribution is -2.07. The largest absolute Gasteiger partial charge is 0.383 e. The average Bonchev–Trinajstić information content (AvgIpc) is 3.57. The molecule has 4 heterocycles. The zero-order valence-electron chi connectivity index (χ0n) is 17.1. The van der Waals surface area contributed by atoms with E-state index in [1.807, 2.05) is 60.2 Å². The summed E-state index contributed by atoms with van der Waals surface area (Å²) in [7, 11) is 0. The summed E-state index contributed by atoms with van der Waals surface area (Å²) in [5, 5.41) is 5.28. The Balaban J connectivity index is 1.36. The van der Waals surface area contributed by atoms with E-state index in [1.165, 1.54) is 6.20 Å². The fraction of sp³-hybridized carbons (Fsp3) is 0.0435. The summed E-state index contributed by atoms with van der Waals surface area (Å²) in [4.78, 5) is 28.1. The summed E-state index contributed by atoms with van der Waals surface area (Å²) in [6.07, 6.45) is 6.83. The van der Waals surface area contributed by atoms with Crippen molar-refractivity contribution >= 4 is 33.5 Å². The molecule has 0 amide bonds. The van der Waals surface area contributed by atoms with Crippen LogP contribution in [0.15, 0.2) is 67.4 Å². The molecule has 0 radical (unpaired) electrons. The second-order valence-corrected chi connectivity index (χ2v) is 7.63. The topological polar surface area (TPSA) is 123 Å². The molecule has 0 aliphatic carbocycles. The highest BCUT2D eigenvalue weighted by atomic mass is 16.1. The highest BCUT2D eigenvalue weighted by Crippen LogP contribution is 2.25. The molecule has 0 unspecified atom stereocenters. The first-order chi connectivity index (χ1) is 15.6. The molecule has 9 heteroatoms. The summed E-state index contributed by atoms with van der Waals surface area (Å²) in [5.41, 5.74) is 11.4. The van der Waals surface area contributed by atoms with Gasteiger partial charge in [0.25, 0.3) is 0 Å². The number of nitrogens with zero attached hydrogens (tertiary/aromatic N) is 5. The van der Waals surface area contributed by atoms with Crippen LogP contribution in [0.2, 0.25) is 0 Å².